The molecule has 0 spiro atoms. The molecule has 3 N–H and O–H groups in total. The highest BCUT2D eigenvalue weighted by Gasteiger charge is 2.15. The minimum absolute atomic E-state index is 0.303. The fraction of sp³-hybridized carbons (Fsp3) is 0.533. The van der Waals surface area contributed by atoms with Gasteiger partial charge in [-0.05, 0) is 45.4 Å². The average Bonchev–Trinajstić information content (AvgIpc) is 2.38. The van der Waals surface area contributed by atoms with Crippen molar-refractivity contribution < 1.29 is 17.9 Å². The molecule has 0 aliphatic carbocycles. The molecule has 1 rings (SSSR count). The van der Waals surface area contributed by atoms with Crippen molar-refractivity contribution in [2.75, 3.05) is 29.4 Å². The standard InChI is InChI=1S/C15H24ClN3O4S/c1-15(2,3)23-14(20)18-9-5-8-17-11-6-7-13(12(16)10-11)19-24(4,21)22/h6-7,10,17,19H,5,8-9H2,1-4H3,(H,18,20). The molecule has 7 nitrogen and oxygen atoms in total. The molecule has 1 aromatic carbocycles. The van der Waals surface area contributed by atoms with Crippen LogP contribution in [0.25, 0.3) is 0 Å². The fourth-order valence-corrected chi connectivity index (χ4v) is 2.59. The van der Waals surface area contributed by atoms with Gasteiger partial charge in [-0.3, -0.25) is 4.72 Å². The Morgan fingerprint density at radius 1 is 1.25 bits per heavy atom. The van der Waals surface area contributed by atoms with Crippen LogP contribution in [0.3, 0.4) is 0 Å². The van der Waals surface area contributed by atoms with Gasteiger partial charge in [0, 0.05) is 18.8 Å². The lowest BCUT2D eigenvalue weighted by atomic mass is 10.2. The van der Waals surface area contributed by atoms with Crippen molar-refractivity contribution in [1.82, 2.24) is 5.32 Å². The number of hydrogen-bond acceptors (Lipinski definition) is 5. The molecular formula is C15H24ClN3O4S. The van der Waals surface area contributed by atoms with Gasteiger partial charge >= 0.3 is 6.09 Å². The lowest BCUT2D eigenvalue weighted by Crippen LogP contribution is -2.33. The van der Waals surface area contributed by atoms with Crippen molar-refractivity contribution in [1.29, 1.82) is 0 Å². The molecule has 24 heavy (non-hydrogen) atoms. The van der Waals surface area contributed by atoms with Crippen LogP contribution in [0, 0.1) is 0 Å². The van der Waals surface area contributed by atoms with Crippen LogP contribution in [0.2, 0.25) is 5.02 Å². The van der Waals surface area contributed by atoms with E-state index in [-0.39, 0.29) is 0 Å². The second kappa shape index (κ2) is 8.43. The Bertz CT molecular complexity index is 672. The summed E-state index contributed by atoms with van der Waals surface area (Å²) in [4.78, 5) is 11.5. The summed E-state index contributed by atoms with van der Waals surface area (Å²) in [6.45, 7) is 6.51. The van der Waals surface area contributed by atoms with E-state index in [1.54, 1.807) is 39.0 Å². The summed E-state index contributed by atoms with van der Waals surface area (Å²) in [5.41, 5.74) is 0.577. The molecule has 0 heterocycles. The molecular weight excluding hydrogens is 354 g/mol. The second-order valence-electron chi connectivity index (χ2n) is 6.28. The predicted molar refractivity (Wildman–Crippen MR) is 97.3 cm³/mol. The molecule has 0 saturated heterocycles. The van der Waals surface area contributed by atoms with Gasteiger partial charge in [0.1, 0.15) is 5.60 Å². The van der Waals surface area contributed by atoms with Crippen LogP contribution in [0.5, 0.6) is 0 Å². The maximum Gasteiger partial charge on any atom is 0.407 e. The first-order valence-electron chi connectivity index (χ1n) is 7.44. The third-order valence-corrected chi connectivity index (χ3v) is 3.52. The zero-order chi connectivity index (χ0) is 18.4. The van der Waals surface area contributed by atoms with E-state index in [4.69, 9.17) is 16.3 Å². The SMILES string of the molecule is CC(C)(C)OC(=O)NCCCNc1ccc(NS(C)(=O)=O)c(Cl)c1. The monoisotopic (exact) mass is 377 g/mol. The number of rotatable bonds is 7. The topological polar surface area (TPSA) is 96.5 Å². The van der Waals surface area contributed by atoms with Gasteiger partial charge in [0.25, 0.3) is 0 Å². The van der Waals surface area contributed by atoms with E-state index in [1.165, 1.54) is 0 Å². The number of hydrogen-bond donors (Lipinski definition) is 3. The summed E-state index contributed by atoms with van der Waals surface area (Å²) < 4.78 is 29.8. The van der Waals surface area contributed by atoms with Crippen molar-refractivity contribution in [3.63, 3.8) is 0 Å². The number of anilines is 2. The Labute approximate surface area is 148 Å². The number of carbonyl (C=O) groups is 1. The van der Waals surface area contributed by atoms with Gasteiger partial charge in [-0.1, -0.05) is 11.6 Å². The van der Waals surface area contributed by atoms with Gasteiger partial charge < -0.3 is 15.4 Å². The number of ether oxygens (including phenoxy) is 1. The first kappa shape index (κ1) is 20.4. The molecule has 0 saturated carbocycles. The minimum atomic E-state index is -3.37. The molecule has 0 aliphatic heterocycles. The first-order valence-corrected chi connectivity index (χ1v) is 9.71. The highest BCUT2D eigenvalue weighted by Crippen LogP contribution is 2.26. The van der Waals surface area contributed by atoms with Gasteiger partial charge in [0.05, 0.1) is 17.0 Å². The number of amides is 1. The first-order chi connectivity index (χ1) is 11.0. The van der Waals surface area contributed by atoms with E-state index >= 15 is 0 Å². The minimum Gasteiger partial charge on any atom is -0.444 e. The number of alkyl carbamates (subject to hydrolysis) is 1. The van der Waals surface area contributed by atoms with Gasteiger partial charge in [-0.2, -0.15) is 0 Å². The quantitative estimate of drug-likeness (QED) is 0.634. The van der Waals surface area contributed by atoms with Crippen LogP contribution in [0.4, 0.5) is 16.2 Å². The molecule has 0 aromatic heterocycles. The maximum absolute atomic E-state index is 11.5. The summed E-state index contributed by atoms with van der Waals surface area (Å²) in [5.74, 6) is 0. The van der Waals surface area contributed by atoms with Crippen molar-refractivity contribution in [3.05, 3.63) is 23.2 Å². The zero-order valence-electron chi connectivity index (χ0n) is 14.3. The summed E-state index contributed by atoms with van der Waals surface area (Å²) in [7, 11) is -3.37. The number of sulfonamides is 1. The van der Waals surface area contributed by atoms with Crippen LogP contribution in [0.15, 0.2) is 18.2 Å². The Balaban J connectivity index is 2.36. The van der Waals surface area contributed by atoms with Gasteiger partial charge in [0.15, 0.2) is 0 Å². The van der Waals surface area contributed by atoms with Crippen LogP contribution in [-0.4, -0.2) is 39.5 Å². The second-order valence-corrected chi connectivity index (χ2v) is 8.43. The highest BCUT2D eigenvalue weighted by atomic mass is 35.5. The summed E-state index contributed by atoms with van der Waals surface area (Å²) in [6, 6.07) is 4.95. The van der Waals surface area contributed by atoms with Crippen molar-refractivity contribution in [2.24, 2.45) is 0 Å². The van der Waals surface area contributed by atoms with Crippen LogP contribution >= 0.6 is 11.6 Å². The molecule has 9 heteroatoms. The van der Waals surface area contributed by atoms with Gasteiger partial charge in [-0.15, -0.1) is 0 Å². The Morgan fingerprint density at radius 3 is 2.46 bits per heavy atom. The third-order valence-electron chi connectivity index (χ3n) is 2.62. The maximum atomic E-state index is 11.5. The van der Waals surface area contributed by atoms with E-state index in [0.29, 0.717) is 30.2 Å². The van der Waals surface area contributed by atoms with Crippen molar-refractivity contribution in [3.8, 4) is 0 Å². The lowest BCUT2D eigenvalue weighted by Gasteiger charge is -2.19. The number of carbonyl (C=O) groups excluding carboxylic acids is 1. The number of benzene rings is 1. The summed E-state index contributed by atoms with van der Waals surface area (Å²) in [5, 5.41) is 6.11. The van der Waals surface area contributed by atoms with E-state index < -0.39 is 21.7 Å². The third kappa shape index (κ3) is 8.83. The Hall–Kier alpha value is -1.67. The molecule has 0 unspecified atom stereocenters. The van der Waals surface area contributed by atoms with Crippen molar-refractivity contribution >= 4 is 39.1 Å². The Kier molecular flexibility index (Phi) is 7.16. The van der Waals surface area contributed by atoms with E-state index in [1.807, 2.05) is 0 Å². The molecule has 0 aliphatic rings. The summed E-state index contributed by atoms with van der Waals surface area (Å²) in [6.07, 6.45) is 1.31. The Morgan fingerprint density at radius 2 is 1.92 bits per heavy atom. The molecule has 0 fully saturated rings. The van der Waals surface area contributed by atoms with Crippen LogP contribution in [-0.2, 0) is 14.8 Å². The summed E-state index contributed by atoms with van der Waals surface area (Å²) >= 11 is 6.04. The number of halogens is 1. The normalized spacial score (nSPS) is 11.7. The van der Waals surface area contributed by atoms with E-state index in [0.717, 1.165) is 11.9 Å². The average molecular weight is 378 g/mol. The molecule has 0 atom stereocenters. The molecule has 0 radical (unpaired) electrons. The van der Waals surface area contributed by atoms with Gasteiger partial charge in [-0.25, -0.2) is 13.2 Å². The highest BCUT2D eigenvalue weighted by molar-refractivity contribution is 7.92. The molecule has 0 bridgehead atoms. The smallest absolute Gasteiger partial charge is 0.407 e. The van der Waals surface area contributed by atoms with E-state index in [9.17, 15) is 13.2 Å². The fourth-order valence-electron chi connectivity index (χ4n) is 1.73. The predicted octanol–water partition coefficient (Wildman–Crippen LogP) is 3.04. The van der Waals surface area contributed by atoms with Gasteiger partial charge in [0.2, 0.25) is 10.0 Å². The van der Waals surface area contributed by atoms with Crippen LogP contribution < -0.4 is 15.4 Å². The molecule has 1 aromatic rings. The van der Waals surface area contributed by atoms with Crippen LogP contribution in [0.1, 0.15) is 27.2 Å². The zero-order valence-corrected chi connectivity index (χ0v) is 15.8. The molecule has 1 amide bonds. The number of nitrogens with one attached hydrogen (secondary N) is 3. The lowest BCUT2D eigenvalue weighted by molar-refractivity contribution is 0.0528. The largest absolute Gasteiger partial charge is 0.444 e. The molecule has 136 valence electrons. The van der Waals surface area contributed by atoms with Crippen molar-refractivity contribution in [2.45, 2.75) is 32.8 Å². The van der Waals surface area contributed by atoms with E-state index in [2.05, 4.69) is 15.4 Å².